The van der Waals surface area contributed by atoms with Crippen molar-refractivity contribution in [2.24, 2.45) is 0 Å². The minimum atomic E-state index is -0.209. The van der Waals surface area contributed by atoms with E-state index in [9.17, 15) is 4.79 Å². The van der Waals surface area contributed by atoms with Gasteiger partial charge in [0, 0.05) is 48.6 Å². The lowest BCUT2D eigenvalue weighted by Gasteiger charge is -2.40. The number of amides is 1. The van der Waals surface area contributed by atoms with Crippen molar-refractivity contribution in [3.63, 3.8) is 0 Å². The first kappa shape index (κ1) is 17.2. The van der Waals surface area contributed by atoms with E-state index in [4.69, 9.17) is 4.52 Å². The maximum atomic E-state index is 12.5. The monoisotopic (exact) mass is 377 g/mol. The number of carbonyl (C=O) groups is 1. The highest BCUT2D eigenvalue weighted by Gasteiger charge is 2.36. The molecule has 3 heterocycles. The van der Waals surface area contributed by atoms with Crippen LogP contribution in [0.15, 0.2) is 53.2 Å². The van der Waals surface area contributed by atoms with Crippen LogP contribution in [-0.4, -0.2) is 51.9 Å². The normalized spacial score (nSPS) is 22.5. The molecule has 2 aliphatic rings. The number of hydrogen-bond acceptors (Lipinski definition) is 5. The zero-order chi connectivity index (χ0) is 19.1. The van der Waals surface area contributed by atoms with Crippen molar-refractivity contribution in [2.45, 2.75) is 30.8 Å². The first-order chi connectivity index (χ1) is 13.7. The molecule has 144 valence electrons. The van der Waals surface area contributed by atoms with Crippen LogP contribution in [0.4, 0.5) is 0 Å². The molecule has 2 aromatic heterocycles. The molecule has 5 rings (SSSR count). The lowest BCUT2D eigenvalue weighted by atomic mass is 9.85. The number of carbonyl (C=O) groups excluding carboxylic acids is 1. The SMILES string of the molecule is CN1CC(c2ccnn2[C@H]2C[C@H](NC(=O)c3cc(-c4ccccc4)no3)C2)C1. The molecule has 1 saturated carbocycles. The Morgan fingerprint density at radius 3 is 2.71 bits per heavy atom. The second-order valence-corrected chi connectivity index (χ2v) is 7.86. The van der Waals surface area contributed by atoms with Gasteiger partial charge in [-0.3, -0.25) is 9.48 Å². The molecule has 0 unspecified atom stereocenters. The van der Waals surface area contributed by atoms with E-state index in [0.29, 0.717) is 17.7 Å². The number of benzene rings is 1. The zero-order valence-corrected chi connectivity index (χ0v) is 15.8. The molecule has 0 atom stereocenters. The summed E-state index contributed by atoms with van der Waals surface area (Å²) >= 11 is 0. The van der Waals surface area contributed by atoms with Crippen LogP contribution in [0, 0.1) is 0 Å². The van der Waals surface area contributed by atoms with Crippen molar-refractivity contribution in [1.82, 2.24) is 25.2 Å². The number of nitrogens with zero attached hydrogens (tertiary/aromatic N) is 4. The molecule has 1 aromatic carbocycles. The van der Waals surface area contributed by atoms with E-state index < -0.39 is 0 Å². The number of likely N-dealkylation sites (N-methyl/N-ethyl adjacent to an activating group) is 1. The highest BCUT2D eigenvalue weighted by Crippen LogP contribution is 2.36. The lowest BCUT2D eigenvalue weighted by molar-refractivity contribution is 0.0846. The molecule has 0 bridgehead atoms. The molecule has 7 heteroatoms. The van der Waals surface area contributed by atoms with Gasteiger partial charge in [-0.1, -0.05) is 35.5 Å². The van der Waals surface area contributed by atoms with Gasteiger partial charge >= 0.3 is 0 Å². The summed E-state index contributed by atoms with van der Waals surface area (Å²) in [5.41, 5.74) is 2.92. The summed E-state index contributed by atoms with van der Waals surface area (Å²) in [4.78, 5) is 14.8. The van der Waals surface area contributed by atoms with Crippen LogP contribution in [0.5, 0.6) is 0 Å². The highest BCUT2D eigenvalue weighted by atomic mass is 16.5. The van der Waals surface area contributed by atoms with Crippen molar-refractivity contribution < 1.29 is 9.32 Å². The van der Waals surface area contributed by atoms with Gasteiger partial charge in [0.1, 0.15) is 5.69 Å². The third-order valence-electron chi connectivity index (χ3n) is 5.78. The van der Waals surface area contributed by atoms with Crippen LogP contribution in [-0.2, 0) is 0 Å². The molecule has 7 nitrogen and oxygen atoms in total. The number of likely N-dealkylation sites (tertiary alicyclic amines) is 1. The van der Waals surface area contributed by atoms with Crippen LogP contribution in [0.25, 0.3) is 11.3 Å². The standard InChI is InChI=1S/C21H23N5O2/c1-25-12-15(13-25)19-7-8-22-26(19)17-9-16(10-17)23-21(27)20-11-18(24-28-20)14-5-3-2-4-6-14/h2-8,11,15-17H,9-10,12-13H2,1H3,(H,23,27)/t16-,17-. The minimum Gasteiger partial charge on any atom is -0.350 e. The number of hydrogen-bond donors (Lipinski definition) is 1. The van der Waals surface area contributed by atoms with E-state index >= 15 is 0 Å². The zero-order valence-electron chi connectivity index (χ0n) is 15.8. The Hall–Kier alpha value is -2.93. The first-order valence-corrected chi connectivity index (χ1v) is 9.72. The molecule has 1 aliphatic carbocycles. The predicted molar refractivity (Wildman–Crippen MR) is 104 cm³/mol. The molecule has 0 radical (unpaired) electrons. The van der Waals surface area contributed by atoms with Crippen LogP contribution < -0.4 is 5.32 Å². The fourth-order valence-corrected chi connectivity index (χ4v) is 4.13. The van der Waals surface area contributed by atoms with E-state index in [1.165, 1.54) is 5.69 Å². The van der Waals surface area contributed by atoms with Crippen molar-refractivity contribution in [3.05, 3.63) is 60.1 Å². The molecule has 28 heavy (non-hydrogen) atoms. The Labute approximate surface area is 163 Å². The third-order valence-corrected chi connectivity index (χ3v) is 5.78. The van der Waals surface area contributed by atoms with Gasteiger partial charge in [0.2, 0.25) is 5.76 Å². The van der Waals surface area contributed by atoms with E-state index in [-0.39, 0.29) is 17.7 Å². The molecular formula is C21H23N5O2. The molecule has 2 fully saturated rings. The minimum absolute atomic E-state index is 0.142. The topological polar surface area (TPSA) is 76.2 Å². The van der Waals surface area contributed by atoms with Gasteiger partial charge in [-0.05, 0) is 26.0 Å². The second-order valence-electron chi connectivity index (χ2n) is 7.86. The molecule has 1 aliphatic heterocycles. The van der Waals surface area contributed by atoms with Crippen LogP contribution >= 0.6 is 0 Å². The van der Waals surface area contributed by atoms with Gasteiger partial charge in [0.05, 0.1) is 6.04 Å². The number of nitrogens with one attached hydrogen (secondary N) is 1. The summed E-state index contributed by atoms with van der Waals surface area (Å²) in [5.74, 6) is 0.616. The van der Waals surface area contributed by atoms with Crippen molar-refractivity contribution in [2.75, 3.05) is 20.1 Å². The van der Waals surface area contributed by atoms with Crippen LogP contribution in [0.1, 0.15) is 41.1 Å². The maximum absolute atomic E-state index is 12.5. The summed E-state index contributed by atoms with van der Waals surface area (Å²) in [6.45, 7) is 2.18. The average molecular weight is 377 g/mol. The average Bonchev–Trinajstić information content (AvgIpc) is 3.32. The van der Waals surface area contributed by atoms with Gasteiger partial charge in [0.15, 0.2) is 0 Å². The lowest BCUT2D eigenvalue weighted by Crippen LogP contribution is -2.47. The van der Waals surface area contributed by atoms with Gasteiger partial charge in [0.25, 0.3) is 5.91 Å². The Morgan fingerprint density at radius 2 is 1.96 bits per heavy atom. The van der Waals surface area contributed by atoms with Crippen LogP contribution in [0.3, 0.4) is 0 Å². The van der Waals surface area contributed by atoms with Gasteiger partial charge in [-0.15, -0.1) is 0 Å². The molecule has 3 aromatic rings. The largest absolute Gasteiger partial charge is 0.350 e. The fraction of sp³-hybridized carbons (Fsp3) is 0.381. The fourth-order valence-electron chi connectivity index (χ4n) is 4.13. The van der Waals surface area contributed by atoms with E-state index in [2.05, 4.69) is 38.3 Å². The summed E-state index contributed by atoms with van der Waals surface area (Å²) < 4.78 is 7.40. The highest BCUT2D eigenvalue weighted by molar-refractivity contribution is 5.92. The van der Waals surface area contributed by atoms with E-state index in [0.717, 1.165) is 31.5 Å². The quantitative estimate of drug-likeness (QED) is 0.740. The van der Waals surface area contributed by atoms with Gasteiger partial charge in [-0.2, -0.15) is 5.10 Å². The van der Waals surface area contributed by atoms with Crippen molar-refractivity contribution in [1.29, 1.82) is 0 Å². The second kappa shape index (κ2) is 6.91. The van der Waals surface area contributed by atoms with Crippen LogP contribution in [0.2, 0.25) is 0 Å². The Morgan fingerprint density at radius 1 is 1.18 bits per heavy atom. The maximum Gasteiger partial charge on any atom is 0.290 e. The van der Waals surface area contributed by atoms with Crippen molar-refractivity contribution >= 4 is 5.91 Å². The summed E-state index contributed by atoms with van der Waals surface area (Å²) in [6.07, 6.45) is 3.67. The third kappa shape index (κ3) is 3.11. The summed E-state index contributed by atoms with van der Waals surface area (Å²) in [7, 11) is 2.14. The Kier molecular flexibility index (Phi) is 4.24. The van der Waals surface area contributed by atoms with Gasteiger partial charge < -0.3 is 14.7 Å². The van der Waals surface area contributed by atoms with E-state index in [1.807, 2.05) is 36.5 Å². The first-order valence-electron chi connectivity index (χ1n) is 9.72. The molecule has 1 N–H and O–H groups in total. The van der Waals surface area contributed by atoms with E-state index in [1.54, 1.807) is 6.07 Å². The molecular weight excluding hydrogens is 354 g/mol. The summed E-state index contributed by atoms with van der Waals surface area (Å²) in [5, 5.41) is 11.6. The molecule has 0 spiro atoms. The Balaban J connectivity index is 1.18. The predicted octanol–water partition coefficient (Wildman–Crippen LogP) is 2.70. The smallest absolute Gasteiger partial charge is 0.290 e. The molecule has 1 saturated heterocycles. The number of aromatic nitrogens is 3. The van der Waals surface area contributed by atoms with Gasteiger partial charge in [-0.25, -0.2) is 0 Å². The number of rotatable bonds is 5. The summed E-state index contributed by atoms with van der Waals surface area (Å²) in [6, 6.07) is 14.0. The molecule has 1 amide bonds. The van der Waals surface area contributed by atoms with Crippen molar-refractivity contribution in [3.8, 4) is 11.3 Å². The Bertz CT molecular complexity index is 968.